The van der Waals surface area contributed by atoms with Gasteiger partial charge in [0.05, 0.1) is 0 Å². The molecule has 0 saturated heterocycles. The maximum absolute atomic E-state index is 11.9. The molecule has 2 aliphatic carbocycles. The first-order chi connectivity index (χ1) is 9.61. The van der Waals surface area contributed by atoms with Crippen LogP contribution >= 0.6 is 0 Å². The van der Waals surface area contributed by atoms with Gasteiger partial charge in [0.15, 0.2) is 0 Å². The van der Waals surface area contributed by atoms with Gasteiger partial charge >= 0.3 is 0 Å². The molecule has 5 nitrogen and oxygen atoms in total. The first kappa shape index (κ1) is 15.3. The third-order valence-electron chi connectivity index (χ3n) is 4.59. The van der Waals surface area contributed by atoms with Crippen LogP contribution in [0, 0.1) is 17.8 Å². The summed E-state index contributed by atoms with van der Waals surface area (Å²) in [6.45, 7) is 2.61. The number of rotatable bonds is 6. The first-order valence-electron chi connectivity index (χ1n) is 7.79. The number of carbonyl (C=O) groups excluding carboxylic acids is 2. The van der Waals surface area contributed by atoms with E-state index in [1.54, 1.807) is 0 Å². The van der Waals surface area contributed by atoms with Crippen LogP contribution in [0.2, 0.25) is 0 Å². The van der Waals surface area contributed by atoms with Crippen molar-refractivity contribution in [1.82, 2.24) is 10.6 Å². The molecule has 3 N–H and O–H groups in total. The van der Waals surface area contributed by atoms with Crippen molar-refractivity contribution in [1.29, 1.82) is 0 Å². The van der Waals surface area contributed by atoms with E-state index in [1.165, 1.54) is 0 Å². The highest BCUT2D eigenvalue weighted by atomic mass is 16.3. The lowest BCUT2D eigenvalue weighted by atomic mass is 9.85. The van der Waals surface area contributed by atoms with Crippen LogP contribution in [0.15, 0.2) is 0 Å². The second kappa shape index (κ2) is 7.07. The molecule has 2 aliphatic rings. The summed E-state index contributed by atoms with van der Waals surface area (Å²) in [7, 11) is 0. The van der Waals surface area contributed by atoms with Crippen molar-refractivity contribution in [2.45, 2.75) is 51.5 Å². The Balaban J connectivity index is 1.63. The Morgan fingerprint density at radius 1 is 1.25 bits per heavy atom. The molecule has 0 heterocycles. The zero-order chi connectivity index (χ0) is 14.5. The van der Waals surface area contributed by atoms with Gasteiger partial charge in [-0.1, -0.05) is 19.8 Å². The van der Waals surface area contributed by atoms with Gasteiger partial charge in [-0.25, -0.2) is 0 Å². The molecular weight excluding hydrogens is 256 g/mol. The molecule has 20 heavy (non-hydrogen) atoms. The maximum Gasteiger partial charge on any atom is 0.223 e. The predicted molar refractivity (Wildman–Crippen MR) is 75.9 cm³/mol. The molecule has 2 fully saturated rings. The molecule has 2 amide bonds. The molecule has 5 heteroatoms. The number of hydrogen-bond acceptors (Lipinski definition) is 3. The van der Waals surface area contributed by atoms with Crippen LogP contribution in [0.4, 0.5) is 0 Å². The van der Waals surface area contributed by atoms with E-state index in [9.17, 15) is 14.7 Å². The summed E-state index contributed by atoms with van der Waals surface area (Å²) < 4.78 is 0. The monoisotopic (exact) mass is 282 g/mol. The summed E-state index contributed by atoms with van der Waals surface area (Å²) in [4.78, 5) is 23.5. The van der Waals surface area contributed by atoms with Crippen molar-refractivity contribution in [2.75, 3.05) is 13.2 Å². The van der Waals surface area contributed by atoms with E-state index in [2.05, 4.69) is 17.6 Å². The number of aliphatic hydroxyl groups excluding tert-OH is 1. The van der Waals surface area contributed by atoms with Crippen molar-refractivity contribution in [3.63, 3.8) is 0 Å². The van der Waals surface area contributed by atoms with E-state index in [0.29, 0.717) is 18.9 Å². The second-order valence-electron chi connectivity index (χ2n) is 6.26. The maximum atomic E-state index is 11.9. The van der Waals surface area contributed by atoms with Gasteiger partial charge in [0.1, 0.15) is 0 Å². The van der Waals surface area contributed by atoms with Crippen molar-refractivity contribution in [3.05, 3.63) is 0 Å². The van der Waals surface area contributed by atoms with E-state index < -0.39 is 0 Å². The zero-order valence-electron chi connectivity index (χ0n) is 12.2. The van der Waals surface area contributed by atoms with Gasteiger partial charge in [0.2, 0.25) is 11.8 Å². The highest BCUT2D eigenvalue weighted by Gasteiger charge is 2.38. The molecule has 0 bridgehead atoms. The first-order valence-corrected chi connectivity index (χ1v) is 7.79. The smallest absolute Gasteiger partial charge is 0.223 e. The van der Waals surface area contributed by atoms with Crippen molar-refractivity contribution in [3.8, 4) is 0 Å². The lowest BCUT2D eigenvalue weighted by Gasteiger charge is -2.30. The molecular formula is C15H26N2O3. The van der Waals surface area contributed by atoms with Gasteiger partial charge in [-0.05, 0) is 25.2 Å². The summed E-state index contributed by atoms with van der Waals surface area (Å²) in [6.07, 6.45) is 5.46. The molecule has 0 aromatic heterocycles. The fraction of sp³-hybridized carbons (Fsp3) is 0.867. The van der Waals surface area contributed by atoms with Gasteiger partial charge in [0, 0.05) is 37.5 Å². The Morgan fingerprint density at radius 2 is 1.95 bits per heavy atom. The lowest BCUT2D eigenvalue weighted by molar-refractivity contribution is -0.123. The summed E-state index contributed by atoms with van der Waals surface area (Å²) in [5.41, 5.74) is 0. The number of aliphatic hydroxyl groups is 1. The topological polar surface area (TPSA) is 78.4 Å². The molecule has 4 atom stereocenters. The van der Waals surface area contributed by atoms with E-state index in [1.807, 2.05) is 0 Å². The third-order valence-corrected chi connectivity index (χ3v) is 4.59. The Kier molecular flexibility index (Phi) is 5.40. The minimum Gasteiger partial charge on any atom is -0.396 e. The van der Waals surface area contributed by atoms with Crippen LogP contribution in [-0.4, -0.2) is 36.1 Å². The second-order valence-corrected chi connectivity index (χ2v) is 6.26. The molecule has 0 spiro atoms. The fourth-order valence-electron chi connectivity index (χ4n) is 3.01. The van der Waals surface area contributed by atoms with Crippen LogP contribution in [0.3, 0.4) is 0 Å². The summed E-state index contributed by atoms with van der Waals surface area (Å²) >= 11 is 0. The van der Waals surface area contributed by atoms with Gasteiger partial charge in [-0.3, -0.25) is 9.59 Å². The number of nitrogens with one attached hydrogen (secondary N) is 2. The quantitative estimate of drug-likeness (QED) is 0.675. The average Bonchev–Trinajstić information content (AvgIpc) is 3.16. The predicted octanol–water partition coefficient (Wildman–Crippen LogP) is 0.816. The normalized spacial score (nSPS) is 32.5. The van der Waals surface area contributed by atoms with E-state index in [0.717, 1.165) is 32.1 Å². The van der Waals surface area contributed by atoms with Gasteiger partial charge in [-0.15, -0.1) is 0 Å². The highest BCUT2D eigenvalue weighted by molar-refractivity contribution is 5.82. The highest BCUT2D eigenvalue weighted by Crippen LogP contribution is 2.37. The average molecular weight is 282 g/mol. The molecule has 0 aromatic rings. The Labute approximate surface area is 120 Å². The third kappa shape index (κ3) is 4.20. The van der Waals surface area contributed by atoms with Crippen molar-refractivity contribution < 1.29 is 14.7 Å². The fourth-order valence-corrected chi connectivity index (χ4v) is 3.01. The van der Waals surface area contributed by atoms with Crippen LogP contribution in [0.1, 0.15) is 45.4 Å². The van der Waals surface area contributed by atoms with E-state index >= 15 is 0 Å². The van der Waals surface area contributed by atoms with E-state index in [4.69, 9.17) is 0 Å². The Bertz CT molecular complexity index is 359. The van der Waals surface area contributed by atoms with E-state index in [-0.39, 0.29) is 36.3 Å². The minimum atomic E-state index is -0.0282. The summed E-state index contributed by atoms with van der Waals surface area (Å²) in [5.74, 6) is 0.900. The van der Waals surface area contributed by atoms with Gasteiger partial charge in [0.25, 0.3) is 0 Å². The zero-order valence-corrected chi connectivity index (χ0v) is 12.2. The molecule has 0 aliphatic heterocycles. The molecule has 0 radical (unpaired) electrons. The molecule has 114 valence electrons. The molecule has 0 aromatic carbocycles. The number of hydrogen-bond donors (Lipinski definition) is 3. The standard InChI is InChI=1S/C15H26N2O3/c1-10-8-12(10)15(20)16-7-6-14(19)17-13-5-3-2-4-11(13)9-18/h10-13,18H,2-9H2,1H3,(H,16,20)(H,17,19). The van der Waals surface area contributed by atoms with Gasteiger partial charge in [-0.2, -0.15) is 0 Å². The number of amides is 2. The lowest BCUT2D eigenvalue weighted by Crippen LogP contribution is -2.44. The van der Waals surface area contributed by atoms with Crippen LogP contribution in [0.25, 0.3) is 0 Å². The molecule has 2 rings (SSSR count). The number of carbonyl (C=O) groups is 2. The van der Waals surface area contributed by atoms with Crippen LogP contribution in [0.5, 0.6) is 0 Å². The summed E-state index contributed by atoms with van der Waals surface area (Å²) in [5, 5.41) is 15.1. The van der Waals surface area contributed by atoms with Crippen molar-refractivity contribution in [2.24, 2.45) is 17.8 Å². The molecule has 2 saturated carbocycles. The van der Waals surface area contributed by atoms with Crippen molar-refractivity contribution >= 4 is 11.8 Å². The molecule has 4 unspecified atom stereocenters. The Morgan fingerprint density at radius 3 is 2.60 bits per heavy atom. The van der Waals surface area contributed by atoms with Crippen LogP contribution in [-0.2, 0) is 9.59 Å². The SMILES string of the molecule is CC1CC1C(=O)NCCC(=O)NC1CCCCC1CO. The largest absolute Gasteiger partial charge is 0.396 e. The van der Waals surface area contributed by atoms with Gasteiger partial charge < -0.3 is 15.7 Å². The summed E-state index contributed by atoms with van der Waals surface area (Å²) in [6, 6.07) is 0.0976. The minimum absolute atomic E-state index is 0.0282. The van der Waals surface area contributed by atoms with Crippen LogP contribution < -0.4 is 10.6 Å². The Hall–Kier alpha value is -1.10.